The summed E-state index contributed by atoms with van der Waals surface area (Å²) in [4.78, 5) is 23.8. The van der Waals surface area contributed by atoms with Crippen molar-refractivity contribution in [3.8, 4) is 11.5 Å². The Kier molecular flexibility index (Phi) is 7.01. The molecule has 2 aromatic carbocycles. The van der Waals surface area contributed by atoms with Crippen LogP contribution in [0.25, 0.3) is 0 Å². The predicted molar refractivity (Wildman–Crippen MR) is 99.2 cm³/mol. The van der Waals surface area contributed by atoms with Crippen molar-refractivity contribution in [2.75, 3.05) is 6.61 Å². The number of hydrogen-bond donors (Lipinski definition) is 2. The minimum atomic E-state index is -1.01. The quantitative estimate of drug-likeness (QED) is 0.738. The monoisotopic (exact) mass is 394 g/mol. The summed E-state index contributed by atoms with van der Waals surface area (Å²) in [5, 5.41) is 0.581. The van der Waals surface area contributed by atoms with Crippen LogP contribution in [-0.2, 0) is 9.59 Å². The van der Waals surface area contributed by atoms with Gasteiger partial charge < -0.3 is 9.47 Å². The maximum absolute atomic E-state index is 13.5. The summed E-state index contributed by atoms with van der Waals surface area (Å²) in [6.45, 7) is 4.77. The molecule has 0 saturated heterocycles. The summed E-state index contributed by atoms with van der Waals surface area (Å²) >= 11 is 5.95. The summed E-state index contributed by atoms with van der Waals surface area (Å²) in [6.07, 6.45) is -1.01. The van der Waals surface area contributed by atoms with Gasteiger partial charge in [0.15, 0.2) is 24.3 Å². The third-order valence-electron chi connectivity index (χ3n) is 3.61. The first-order chi connectivity index (χ1) is 12.8. The van der Waals surface area contributed by atoms with Crippen LogP contribution < -0.4 is 20.3 Å². The molecule has 2 rings (SSSR count). The summed E-state index contributed by atoms with van der Waals surface area (Å²) in [5.41, 5.74) is 6.02. The van der Waals surface area contributed by atoms with Gasteiger partial charge in [0.1, 0.15) is 5.75 Å². The van der Waals surface area contributed by atoms with Gasteiger partial charge >= 0.3 is 0 Å². The van der Waals surface area contributed by atoms with Crippen molar-refractivity contribution in [3.05, 3.63) is 58.4 Å². The molecule has 2 aromatic rings. The number of rotatable bonds is 6. The van der Waals surface area contributed by atoms with Crippen LogP contribution in [0.4, 0.5) is 4.39 Å². The number of ether oxygens (including phenoxy) is 2. The molecule has 27 heavy (non-hydrogen) atoms. The number of carbonyl (C=O) groups is 2. The zero-order valence-corrected chi connectivity index (χ0v) is 15.9. The topological polar surface area (TPSA) is 76.7 Å². The van der Waals surface area contributed by atoms with Crippen LogP contribution in [0.5, 0.6) is 11.5 Å². The van der Waals surface area contributed by atoms with Crippen molar-refractivity contribution >= 4 is 23.4 Å². The Morgan fingerprint density at radius 3 is 2.41 bits per heavy atom. The number of para-hydroxylation sites is 1. The van der Waals surface area contributed by atoms with Gasteiger partial charge in [-0.3, -0.25) is 20.4 Å². The SMILES string of the molecule is Cc1cc(Cl)cc(C)c1OCC(=O)NNC(=O)[C@@H](C)Oc1ccccc1F. The van der Waals surface area contributed by atoms with Crippen molar-refractivity contribution in [1.29, 1.82) is 0 Å². The Morgan fingerprint density at radius 1 is 1.15 bits per heavy atom. The first-order valence-electron chi connectivity index (χ1n) is 8.17. The Hall–Kier alpha value is -2.80. The second-order valence-electron chi connectivity index (χ2n) is 5.89. The lowest BCUT2D eigenvalue weighted by molar-refractivity contribution is -0.133. The lowest BCUT2D eigenvalue weighted by Gasteiger charge is -2.16. The molecule has 1 atom stereocenters. The molecule has 0 bridgehead atoms. The molecule has 0 heterocycles. The number of carbonyl (C=O) groups excluding carboxylic acids is 2. The van der Waals surface area contributed by atoms with Gasteiger partial charge in [0.25, 0.3) is 11.8 Å². The summed E-state index contributed by atoms with van der Waals surface area (Å²) in [5.74, 6) is -1.27. The van der Waals surface area contributed by atoms with Crippen molar-refractivity contribution in [2.45, 2.75) is 26.9 Å². The highest BCUT2D eigenvalue weighted by Gasteiger charge is 2.17. The lowest BCUT2D eigenvalue weighted by Crippen LogP contribution is -2.48. The van der Waals surface area contributed by atoms with Gasteiger partial charge in [-0.1, -0.05) is 23.7 Å². The Balaban J connectivity index is 1.81. The van der Waals surface area contributed by atoms with Crippen LogP contribution in [0.2, 0.25) is 5.02 Å². The Morgan fingerprint density at radius 2 is 1.78 bits per heavy atom. The molecule has 0 aliphatic rings. The molecule has 0 radical (unpaired) electrons. The number of halogens is 2. The fourth-order valence-electron chi connectivity index (χ4n) is 2.32. The fourth-order valence-corrected chi connectivity index (χ4v) is 2.64. The Labute approximate surface area is 161 Å². The van der Waals surface area contributed by atoms with Crippen LogP contribution in [-0.4, -0.2) is 24.5 Å². The number of amides is 2. The minimum Gasteiger partial charge on any atom is -0.483 e. The average molecular weight is 395 g/mol. The molecule has 6 nitrogen and oxygen atoms in total. The zero-order valence-electron chi connectivity index (χ0n) is 15.1. The van der Waals surface area contributed by atoms with E-state index in [2.05, 4.69) is 10.9 Å². The molecular weight excluding hydrogens is 375 g/mol. The molecule has 0 unspecified atom stereocenters. The predicted octanol–water partition coefficient (Wildman–Crippen LogP) is 3.09. The number of nitrogens with one attached hydrogen (secondary N) is 2. The molecule has 144 valence electrons. The molecule has 0 fully saturated rings. The van der Waals surface area contributed by atoms with E-state index < -0.39 is 23.7 Å². The van der Waals surface area contributed by atoms with Crippen LogP contribution in [0.1, 0.15) is 18.1 Å². The first kappa shape index (κ1) is 20.5. The van der Waals surface area contributed by atoms with Gasteiger partial charge in [-0.2, -0.15) is 0 Å². The number of hydrazine groups is 1. The van der Waals surface area contributed by atoms with E-state index in [1.165, 1.54) is 25.1 Å². The summed E-state index contributed by atoms with van der Waals surface area (Å²) in [6, 6.07) is 9.18. The second kappa shape index (κ2) is 9.23. The van der Waals surface area contributed by atoms with Crippen molar-refractivity contribution < 1.29 is 23.5 Å². The van der Waals surface area contributed by atoms with E-state index >= 15 is 0 Å². The van der Waals surface area contributed by atoms with E-state index in [9.17, 15) is 14.0 Å². The zero-order chi connectivity index (χ0) is 20.0. The van der Waals surface area contributed by atoms with Gasteiger partial charge in [0.2, 0.25) is 0 Å². The molecule has 2 amide bonds. The van der Waals surface area contributed by atoms with Crippen molar-refractivity contribution in [1.82, 2.24) is 10.9 Å². The van der Waals surface area contributed by atoms with Crippen LogP contribution in [0, 0.1) is 19.7 Å². The third-order valence-corrected chi connectivity index (χ3v) is 3.83. The molecule has 2 N–H and O–H groups in total. The highest BCUT2D eigenvalue weighted by molar-refractivity contribution is 6.30. The summed E-state index contributed by atoms with van der Waals surface area (Å²) in [7, 11) is 0. The average Bonchev–Trinajstić information content (AvgIpc) is 2.60. The molecule has 0 saturated carbocycles. The maximum Gasteiger partial charge on any atom is 0.279 e. The van der Waals surface area contributed by atoms with Crippen molar-refractivity contribution in [3.63, 3.8) is 0 Å². The van der Waals surface area contributed by atoms with Crippen LogP contribution in [0.3, 0.4) is 0 Å². The fraction of sp³-hybridized carbons (Fsp3) is 0.263. The normalized spacial score (nSPS) is 11.4. The molecule has 0 aromatic heterocycles. The van der Waals surface area contributed by atoms with E-state index in [1.54, 1.807) is 18.2 Å². The van der Waals surface area contributed by atoms with Gasteiger partial charge in [-0.25, -0.2) is 4.39 Å². The Bertz CT molecular complexity index is 821. The largest absolute Gasteiger partial charge is 0.483 e. The molecule has 0 aliphatic carbocycles. The molecule has 0 spiro atoms. The molecule has 0 aliphatic heterocycles. The van der Waals surface area contributed by atoms with Crippen LogP contribution >= 0.6 is 11.6 Å². The van der Waals surface area contributed by atoms with E-state index in [1.807, 2.05) is 13.8 Å². The minimum absolute atomic E-state index is 0.0523. The maximum atomic E-state index is 13.5. The van der Waals surface area contributed by atoms with Crippen molar-refractivity contribution in [2.24, 2.45) is 0 Å². The van der Waals surface area contributed by atoms with Gasteiger partial charge in [-0.15, -0.1) is 0 Å². The summed E-state index contributed by atoms with van der Waals surface area (Å²) < 4.78 is 24.2. The van der Waals surface area contributed by atoms with Gasteiger partial charge in [0.05, 0.1) is 0 Å². The van der Waals surface area contributed by atoms with E-state index in [4.69, 9.17) is 21.1 Å². The molecule has 8 heteroatoms. The number of aryl methyl sites for hydroxylation is 2. The standard InChI is InChI=1S/C19H20ClFN2O4/c1-11-8-14(20)9-12(2)18(11)26-10-17(24)22-23-19(25)13(3)27-16-7-5-4-6-15(16)21/h4-9,13H,10H2,1-3H3,(H,22,24)(H,23,25)/t13-/m1/s1. The van der Waals surface area contributed by atoms with E-state index in [-0.39, 0.29) is 12.4 Å². The number of benzene rings is 2. The van der Waals surface area contributed by atoms with Crippen LogP contribution in [0.15, 0.2) is 36.4 Å². The highest BCUT2D eigenvalue weighted by Crippen LogP contribution is 2.26. The third kappa shape index (κ3) is 5.86. The smallest absolute Gasteiger partial charge is 0.279 e. The van der Waals surface area contributed by atoms with Gasteiger partial charge in [0, 0.05) is 5.02 Å². The number of hydrogen-bond acceptors (Lipinski definition) is 4. The molecular formula is C19H20ClFN2O4. The van der Waals surface area contributed by atoms with E-state index in [0.717, 1.165) is 11.1 Å². The highest BCUT2D eigenvalue weighted by atomic mass is 35.5. The van der Waals surface area contributed by atoms with Gasteiger partial charge in [-0.05, 0) is 56.2 Å². The van der Waals surface area contributed by atoms with E-state index in [0.29, 0.717) is 10.8 Å². The first-order valence-corrected chi connectivity index (χ1v) is 8.55. The second-order valence-corrected chi connectivity index (χ2v) is 6.32. The lowest BCUT2D eigenvalue weighted by atomic mass is 10.1.